The summed E-state index contributed by atoms with van der Waals surface area (Å²) in [4.78, 5) is 30.6. The van der Waals surface area contributed by atoms with Crippen molar-refractivity contribution in [3.8, 4) is 22.9 Å². The molecule has 0 saturated carbocycles. The van der Waals surface area contributed by atoms with Gasteiger partial charge in [-0.05, 0) is 56.5 Å². The first-order valence-electron chi connectivity index (χ1n) is 13.5. The maximum Gasteiger partial charge on any atom is 0.350 e. The normalized spacial score (nSPS) is 15.7. The van der Waals surface area contributed by atoms with E-state index in [1.165, 1.54) is 18.5 Å². The Morgan fingerprint density at radius 1 is 1.12 bits per heavy atom. The standard InChI is InChI=1S/C29H32FN9O2/c1-5-20-13-33-27(34-14-20)36-8-9-37(19(2)16-36)26-22(12-31)10-23(15-32-26)21-6-7-25(24(30)11-21)38-18-35-39(28(38)40)17-29(3,4)41/h6-7,10-11,13-15,18-19,41H,5,8-9,16-17H2,1-4H3. The predicted octanol–water partition coefficient (Wildman–Crippen LogP) is 2.95. The van der Waals surface area contributed by atoms with Crippen molar-refractivity contribution in [3.05, 3.63) is 76.6 Å². The minimum Gasteiger partial charge on any atom is -0.389 e. The lowest BCUT2D eigenvalue weighted by Gasteiger charge is -2.40. The summed E-state index contributed by atoms with van der Waals surface area (Å²) in [7, 11) is 0. The number of hydrogen-bond acceptors (Lipinski definition) is 9. The highest BCUT2D eigenvalue weighted by Gasteiger charge is 2.28. The van der Waals surface area contributed by atoms with Gasteiger partial charge in [-0.15, -0.1) is 0 Å². The van der Waals surface area contributed by atoms with Crippen LogP contribution in [-0.4, -0.2) is 65.7 Å². The number of benzene rings is 1. The van der Waals surface area contributed by atoms with Crippen molar-refractivity contribution in [2.24, 2.45) is 0 Å². The summed E-state index contributed by atoms with van der Waals surface area (Å²) in [5.74, 6) is 0.636. The molecule has 0 bridgehead atoms. The van der Waals surface area contributed by atoms with Crippen molar-refractivity contribution >= 4 is 11.8 Å². The van der Waals surface area contributed by atoms with Crippen molar-refractivity contribution in [1.82, 2.24) is 29.3 Å². The largest absolute Gasteiger partial charge is 0.389 e. The average Bonchev–Trinajstić information content (AvgIpc) is 3.30. The maximum atomic E-state index is 15.2. The molecule has 4 aromatic rings. The summed E-state index contributed by atoms with van der Waals surface area (Å²) in [6.45, 7) is 9.23. The van der Waals surface area contributed by atoms with Crippen LogP contribution in [0.15, 0.2) is 54.0 Å². The molecule has 212 valence electrons. The molecule has 41 heavy (non-hydrogen) atoms. The molecule has 5 rings (SSSR count). The van der Waals surface area contributed by atoms with Crippen molar-refractivity contribution in [2.45, 2.75) is 52.3 Å². The zero-order chi connectivity index (χ0) is 29.3. The molecule has 0 aliphatic carbocycles. The van der Waals surface area contributed by atoms with E-state index < -0.39 is 17.1 Å². The van der Waals surface area contributed by atoms with Crippen LogP contribution < -0.4 is 15.5 Å². The number of nitrogens with zero attached hydrogens (tertiary/aromatic N) is 9. The second-order valence-electron chi connectivity index (χ2n) is 10.9. The quantitative estimate of drug-likeness (QED) is 0.365. The van der Waals surface area contributed by atoms with Crippen LogP contribution in [0.5, 0.6) is 0 Å². The van der Waals surface area contributed by atoms with E-state index in [9.17, 15) is 15.2 Å². The third-order valence-corrected chi connectivity index (χ3v) is 7.08. The Kier molecular flexibility index (Phi) is 7.55. The van der Waals surface area contributed by atoms with Crippen LogP contribution in [-0.2, 0) is 13.0 Å². The monoisotopic (exact) mass is 557 g/mol. The Morgan fingerprint density at radius 2 is 1.88 bits per heavy atom. The second kappa shape index (κ2) is 11.1. The zero-order valence-electron chi connectivity index (χ0n) is 23.5. The highest BCUT2D eigenvalue weighted by molar-refractivity contribution is 5.69. The fourth-order valence-corrected chi connectivity index (χ4v) is 4.93. The maximum absolute atomic E-state index is 15.2. The predicted molar refractivity (Wildman–Crippen MR) is 152 cm³/mol. The Morgan fingerprint density at radius 3 is 2.51 bits per heavy atom. The van der Waals surface area contributed by atoms with Crippen molar-refractivity contribution in [1.29, 1.82) is 5.26 Å². The molecule has 1 aromatic carbocycles. The smallest absolute Gasteiger partial charge is 0.350 e. The van der Waals surface area contributed by atoms with Gasteiger partial charge < -0.3 is 14.9 Å². The zero-order valence-corrected chi connectivity index (χ0v) is 23.5. The van der Waals surface area contributed by atoms with Gasteiger partial charge in [-0.1, -0.05) is 13.0 Å². The van der Waals surface area contributed by atoms with Gasteiger partial charge in [0, 0.05) is 49.8 Å². The van der Waals surface area contributed by atoms with Gasteiger partial charge in [0.25, 0.3) is 0 Å². The van der Waals surface area contributed by atoms with E-state index in [1.807, 2.05) is 12.4 Å². The van der Waals surface area contributed by atoms with Crippen molar-refractivity contribution in [3.63, 3.8) is 0 Å². The van der Waals surface area contributed by atoms with Gasteiger partial charge in [0.15, 0.2) is 0 Å². The summed E-state index contributed by atoms with van der Waals surface area (Å²) in [5.41, 5.74) is 0.899. The number of rotatable bonds is 7. The molecule has 1 aliphatic heterocycles. The lowest BCUT2D eigenvalue weighted by molar-refractivity contribution is 0.0564. The molecule has 0 amide bonds. The van der Waals surface area contributed by atoms with Crippen LogP contribution in [0.1, 0.15) is 38.8 Å². The van der Waals surface area contributed by atoms with E-state index in [1.54, 1.807) is 32.2 Å². The highest BCUT2D eigenvalue weighted by Crippen LogP contribution is 2.29. The molecule has 0 radical (unpaired) electrons. The Labute approximate surface area is 237 Å². The third kappa shape index (κ3) is 5.81. The third-order valence-electron chi connectivity index (χ3n) is 7.08. The molecular formula is C29H32FN9O2. The molecule has 1 unspecified atom stereocenters. The number of aromatic nitrogens is 6. The number of aryl methyl sites for hydroxylation is 1. The molecule has 4 heterocycles. The number of aliphatic hydroxyl groups is 1. The first-order valence-corrected chi connectivity index (χ1v) is 13.5. The molecule has 1 atom stereocenters. The summed E-state index contributed by atoms with van der Waals surface area (Å²) in [6.07, 6.45) is 7.45. The first-order chi connectivity index (χ1) is 19.6. The molecule has 12 heteroatoms. The number of anilines is 2. The van der Waals surface area contributed by atoms with Gasteiger partial charge in [0.2, 0.25) is 5.95 Å². The fourth-order valence-electron chi connectivity index (χ4n) is 4.93. The minimum absolute atomic E-state index is 0.0268. The van der Waals surface area contributed by atoms with E-state index >= 15 is 4.39 Å². The lowest BCUT2D eigenvalue weighted by Crippen LogP contribution is -2.53. The lowest BCUT2D eigenvalue weighted by atomic mass is 10.0. The number of halogens is 1. The van der Waals surface area contributed by atoms with E-state index in [-0.39, 0.29) is 18.3 Å². The van der Waals surface area contributed by atoms with Crippen LogP contribution in [0.25, 0.3) is 16.8 Å². The highest BCUT2D eigenvalue weighted by atomic mass is 19.1. The van der Waals surface area contributed by atoms with Gasteiger partial charge in [0.05, 0.1) is 23.4 Å². The van der Waals surface area contributed by atoms with Gasteiger partial charge in [-0.3, -0.25) is 0 Å². The topological polar surface area (TPSA) is 129 Å². The number of piperazine rings is 1. The van der Waals surface area contributed by atoms with Crippen LogP contribution in [0.3, 0.4) is 0 Å². The number of hydrogen-bond donors (Lipinski definition) is 1. The molecule has 1 aliphatic rings. The molecular weight excluding hydrogens is 525 g/mol. The molecule has 11 nitrogen and oxygen atoms in total. The minimum atomic E-state index is -1.15. The Bertz CT molecular complexity index is 1650. The second-order valence-corrected chi connectivity index (χ2v) is 10.9. The van der Waals surface area contributed by atoms with E-state index in [0.29, 0.717) is 48.1 Å². The molecule has 1 fully saturated rings. The average molecular weight is 558 g/mol. The van der Waals surface area contributed by atoms with E-state index in [2.05, 4.69) is 49.8 Å². The Balaban J connectivity index is 1.35. The molecule has 1 N–H and O–H groups in total. The first kappa shape index (κ1) is 27.9. The summed E-state index contributed by atoms with van der Waals surface area (Å²) in [6, 6.07) is 8.46. The summed E-state index contributed by atoms with van der Waals surface area (Å²) in [5, 5.41) is 24.0. The van der Waals surface area contributed by atoms with E-state index in [4.69, 9.17) is 0 Å². The van der Waals surface area contributed by atoms with Crippen molar-refractivity contribution < 1.29 is 9.50 Å². The van der Waals surface area contributed by atoms with Crippen molar-refractivity contribution in [2.75, 3.05) is 29.4 Å². The van der Waals surface area contributed by atoms with Gasteiger partial charge in [-0.25, -0.2) is 33.4 Å². The summed E-state index contributed by atoms with van der Waals surface area (Å²) >= 11 is 0. The molecule has 0 spiro atoms. The van der Waals surface area contributed by atoms with Gasteiger partial charge >= 0.3 is 5.69 Å². The van der Waals surface area contributed by atoms with E-state index in [0.717, 1.165) is 21.2 Å². The van der Waals surface area contributed by atoms with Gasteiger partial charge in [0.1, 0.15) is 24.0 Å². The molecule has 1 saturated heterocycles. The van der Waals surface area contributed by atoms with Crippen LogP contribution in [0, 0.1) is 17.1 Å². The van der Waals surface area contributed by atoms with Gasteiger partial charge in [-0.2, -0.15) is 10.4 Å². The number of nitriles is 1. The molecule has 3 aromatic heterocycles. The van der Waals surface area contributed by atoms with Crippen LogP contribution in [0.2, 0.25) is 0 Å². The van der Waals surface area contributed by atoms with Crippen LogP contribution >= 0.6 is 0 Å². The summed E-state index contributed by atoms with van der Waals surface area (Å²) < 4.78 is 17.4. The van der Waals surface area contributed by atoms with Crippen LogP contribution in [0.4, 0.5) is 16.2 Å². The Hall–Kier alpha value is -4.63. The number of pyridine rings is 1. The SMILES string of the molecule is CCc1cnc(N2CCN(c3ncc(-c4ccc(-n5cnn(CC(C)(C)O)c5=O)c(F)c4)cc3C#N)C(C)C2)nc1. The fraction of sp³-hybridized carbons (Fsp3) is 0.379.